The Kier molecular flexibility index (Phi) is 6.40. The highest BCUT2D eigenvalue weighted by atomic mass is 32.2. The minimum absolute atomic E-state index is 0.362. The number of benzene rings is 1. The van der Waals surface area contributed by atoms with Crippen LogP contribution in [0.25, 0.3) is 0 Å². The summed E-state index contributed by atoms with van der Waals surface area (Å²) in [6, 6.07) is 9.68. The Morgan fingerprint density at radius 2 is 2.00 bits per heavy atom. The average molecular weight is 335 g/mol. The van der Waals surface area contributed by atoms with Gasteiger partial charge in [-0.25, -0.2) is 0 Å². The number of hydrogen-bond donors (Lipinski definition) is 1. The maximum absolute atomic E-state index is 9.42. The predicted octanol–water partition coefficient (Wildman–Crippen LogP) is 3.08. The minimum Gasteiger partial charge on any atom is -0.396 e. The molecule has 2 saturated heterocycles. The Morgan fingerprint density at radius 3 is 2.74 bits per heavy atom. The van der Waals surface area contributed by atoms with Gasteiger partial charge in [0.15, 0.2) is 0 Å². The van der Waals surface area contributed by atoms with E-state index >= 15 is 0 Å². The highest BCUT2D eigenvalue weighted by Gasteiger charge is 2.28. The van der Waals surface area contributed by atoms with Gasteiger partial charge in [0.1, 0.15) is 0 Å². The van der Waals surface area contributed by atoms with Crippen molar-refractivity contribution >= 4 is 11.8 Å². The first kappa shape index (κ1) is 17.3. The zero-order valence-electron chi connectivity index (χ0n) is 14.3. The van der Waals surface area contributed by atoms with E-state index in [-0.39, 0.29) is 0 Å². The number of aliphatic hydroxyl groups excluding tert-OH is 1. The standard InChI is InChI=1S/C19H30N2OS/c1-23-19-6-2-4-16(12-19)13-20-10-7-18(8-11-20)21-9-3-5-17(14-21)15-22/h2,4,6,12,17-18,22H,3,5,7-11,13-15H2,1H3/t17-/m0/s1. The Bertz CT molecular complexity index is 488. The van der Waals surface area contributed by atoms with Crippen LogP contribution in [0.3, 0.4) is 0 Å². The van der Waals surface area contributed by atoms with Crippen molar-refractivity contribution in [2.24, 2.45) is 5.92 Å². The largest absolute Gasteiger partial charge is 0.396 e. The van der Waals surface area contributed by atoms with Crippen LogP contribution in [0.1, 0.15) is 31.2 Å². The lowest BCUT2D eigenvalue weighted by atomic mass is 9.94. The van der Waals surface area contributed by atoms with Crippen molar-refractivity contribution < 1.29 is 5.11 Å². The second-order valence-electron chi connectivity index (χ2n) is 7.04. The molecule has 0 radical (unpaired) electrons. The van der Waals surface area contributed by atoms with E-state index in [2.05, 4.69) is 40.3 Å². The summed E-state index contributed by atoms with van der Waals surface area (Å²) < 4.78 is 0. The number of aliphatic hydroxyl groups is 1. The second-order valence-corrected chi connectivity index (χ2v) is 7.92. The van der Waals surface area contributed by atoms with Gasteiger partial charge in [-0.3, -0.25) is 9.80 Å². The highest BCUT2D eigenvalue weighted by molar-refractivity contribution is 7.98. The molecule has 0 saturated carbocycles. The van der Waals surface area contributed by atoms with Crippen LogP contribution in [-0.4, -0.2) is 60.0 Å². The van der Waals surface area contributed by atoms with Crippen LogP contribution in [0.2, 0.25) is 0 Å². The first-order valence-electron chi connectivity index (χ1n) is 8.98. The van der Waals surface area contributed by atoms with Gasteiger partial charge in [-0.1, -0.05) is 12.1 Å². The van der Waals surface area contributed by atoms with Gasteiger partial charge in [-0.2, -0.15) is 0 Å². The summed E-state index contributed by atoms with van der Waals surface area (Å²) in [5.41, 5.74) is 1.44. The molecule has 2 fully saturated rings. The average Bonchev–Trinajstić information content (AvgIpc) is 2.62. The molecule has 3 rings (SSSR count). The number of rotatable bonds is 5. The smallest absolute Gasteiger partial charge is 0.0471 e. The number of piperidine rings is 2. The lowest BCUT2D eigenvalue weighted by Crippen LogP contribution is -2.48. The van der Waals surface area contributed by atoms with Crippen molar-refractivity contribution in [2.45, 2.75) is 43.2 Å². The van der Waals surface area contributed by atoms with E-state index in [1.165, 1.54) is 55.8 Å². The third-order valence-electron chi connectivity index (χ3n) is 5.42. The molecule has 2 heterocycles. The number of thioether (sulfide) groups is 1. The maximum Gasteiger partial charge on any atom is 0.0471 e. The molecule has 2 aliphatic rings. The van der Waals surface area contributed by atoms with Crippen LogP contribution in [0, 0.1) is 5.92 Å². The minimum atomic E-state index is 0.362. The zero-order chi connectivity index (χ0) is 16.1. The van der Waals surface area contributed by atoms with Gasteiger partial charge >= 0.3 is 0 Å². The molecule has 0 amide bonds. The molecule has 0 spiro atoms. The van der Waals surface area contributed by atoms with Gasteiger partial charge in [0, 0.05) is 30.6 Å². The predicted molar refractivity (Wildman–Crippen MR) is 97.9 cm³/mol. The SMILES string of the molecule is CSc1cccc(CN2CCC(N3CCC[C@H](CO)C3)CC2)c1. The lowest BCUT2D eigenvalue weighted by Gasteiger charge is -2.42. The third kappa shape index (κ3) is 4.72. The molecule has 4 heteroatoms. The Balaban J connectivity index is 1.48. The molecule has 1 aromatic carbocycles. The Labute approximate surface area is 145 Å². The molecule has 3 nitrogen and oxygen atoms in total. The van der Waals surface area contributed by atoms with E-state index in [1.54, 1.807) is 0 Å². The van der Waals surface area contributed by atoms with Crippen molar-refractivity contribution in [3.63, 3.8) is 0 Å². The van der Waals surface area contributed by atoms with Gasteiger partial charge in [0.25, 0.3) is 0 Å². The van der Waals surface area contributed by atoms with Crippen molar-refractivity contribution in [1.82, 2.24) is 9.80 Å². The quantitative estimate of drug-likeness (QED) is 0.837. The molecule has 1 atom stereocenters. The van der Waals surface area contributed by atoms with Crippen LogP contribution in [0.4, 0.5) is 0 Å². The number of hydrogen-bond acceptors (Lipinski definition) is 4. The van der Waals surface area contributed by atoms with Crippen LogP contribution in [-0.2, 0) is 6.54 Å². The Hall–Kier alpha value is -0.550. The fourth-order valence-corrected chi connectivity index (χ4v) is 4.53. The Morgan fingerprint density at radius 1 is 1.17 bits per heavy atom. The lowest BCUT2D eigenvalue weighted by molar-refractivity contribution is 0.0526. The summed E-state index contributed by atoms with van der Waals surface area (Å²) in [4.78, 5) is 6.61. The monoisotopic (exact) mass is 334 g/mol. The molecule has 2 aliphatic heterocycles. The molecule has 23 heavy (non-hydrogen) atoms. The molecule has 1 N–H and O–H groups in total. The van der Waals surface area contributed by atoms with E-state index in [9.17, 15) is 5.11 Å². The van der Waals surface area contributed by atoms with E-state index in [0.29, 0.717) is 12.5 Å². The van der Waals surface area contributed by atoms with Crippen molar-refractivity contribution in [3.05, 3.63) is 29.8 Å². The van der Waals surface area contributed by atoms with Gasteiger partial charge in [0.2, 0.25) is 0 Å². The molecule has 0 aromatic heterocycles. The molecule has 0 unspecified atom stereocenters. The number of likely N-dealkylation sites (tertiary alicyclic amines) is 2. The van der Waals surface area contributed by atoms with Crippen LogP contribution >= 0.6 is 11.8 Å². The van der Waals surface area contributed by atoms with Crippen LogP contribution < -0.4 is 0 Å². The van der Waals surface area contributed by atoms with Crippen molar-refractivity contribution in [1.29, 1.82) is 0 Å². The van der Waals surface area contributed by atoms with E-state index in [1.807, 2.05) is 11.8 Å². The van der Waals surface area contributed by atoms with Crippen LogP contribution in [0.5, 0.6) is 0 Å². The number of nitrogens with zero attached hydrogens (tertiary/aromatic N) is 2. The zero-order valence-corrected chi connectivity index (χ0v) is 15.1. The fraction of sp³-hybridized carbons (Fsp3) is 0.684. The van der Waals surface area contributed by atoms with Crippen molar-refractivity contribution in [2.75, 3.05) is 39.0 Å². The van der Waals surface area contributed by atoms with Crippen molar-refractivity contribution in [3.8, 4) is 0 Å². The maximum atomic E-state index is 9.42. The van der Waals surface area contributed by atoms with Gasteiger partial charge in [-0.15, -0.1) is 11.8 Å². The molecule has 0 bridgehead atoms. The summed E-state index contributed by atoms with van der Waals surface area (Å²) in [6.45, 7) is 6.19. The molecule has 0 aliphatic carbocycles. The first-order chi connectivity index (χ1) is 11.3. The summed E-state index contributed by atoms with van der Waals surface area (Å²) >= 11 is 1.82. The highest BCUT2D eigenvalue weighted by Crippen LogP contribution is 2.25. The molecular weight excluding hydrogens is 304 g/mol. The topological polar surface area (TPSA) is 26.7 Å². The molecular formula is C19H30N2OS. The summed E-state index contributed by atoms with van der Waals surface area (Å²) in [5, 5.41) is 9.42. The van der Waals surface area contributed by atoms with Gasteiger partial charge < -0.3 is 5.11 Å². The second kappa shape index (κ2) is 8.52. The van der Waals surface area contributed by atoms with E-state index in [4.69, 9.17) is 0 Å². The van der Waals surface area contributed by atoms with Crippen LogP contribution in [0.15, 0.2) is 29.2 Å². The molecule has 1 aromatic rings. The van der Waals surface area contributed by atoms with Gasteiger partial charge in [0.05, 0.1) is 0 Å². The normalized spacial score (nSPS) is 24.9. The fourth-order valence-electron chi connectivity index (χ4n) is 4.05. The summed E-state index contributed by atoms with van der Waals surface area (Å²) in [6.07, 6.45) is 7.16. The van der Waals surface area contributed by atoms with E-state index < -0.39 is 0 Å². The van der Waals surface area contributed by atoms with Gasteiger partial charge in [-0.05, 0) is 75.2 Å². The first-order valence-corrected chi connectivity index (χ1v) is 10.2. The van der Waals surface area contributed by atoms with E-state index in [0.717, 1.165) is 19.1 Å². The summed E-state index contributed by atoms with van der Waals surface area (Å²) in [7, 11) is 0. The molecule has 128 valence electrons. The summed E-state index contributed by atoms with van der Waals surface area (Å²) in [5.74, 6) is 0.510. The third-order valence-corrected chi connectivity index (χ3v) is 6.15.